The second-order valence-corrected chi connectivity index (χ2v) is 8.16. The zero-order valence-electron chi connectivity index (χ0n) is 12.0. The highest BCUT2D eigenvalue weighted by atomic mass is 79.9. The molecule has 1 aromatic carbocycles. The van der Waals surface area contributed by atoms with Gasteiger partial charge in [0.05, 0.1) is 4.90 Å². The van der Waals surface area contributed by atoms with Crippen molar-refractivity contribution in [1.29, 1.82) is 0 Å². The highest BCUT2D eigenvalue weighted by molar-refractivity contribution is 9.10. The predicted octanol–water partition coefficient (Wildman–Crippen LogP) is 4.00. The minimum Gasteiger partial charge on any atom is -0.208 e. The van der Waals surface area contributed by atoms with Gasteiger partial charge in [-0.15, -0.1) is 0 Å². The van der Waals surface area contributed by atoms with Gasteiger partial charge in [0.25, 0.3) is 0 Å². The summed E-state index contributed by atoms with van der Waals surface area (Å²) >= 11 is 3.40. The second kappa shape index (κ2) is 6.58. The van der Waals surface area contributed by atoms with Gasteiger partial charge >= 0.3 is 0 Å². The van der Waals surface area contributed by atoms with Crippen molar-refractivity contribution in [3.05, 3.63) is 28.2 Å². The van der Waals surface area contributed by atoms with Gasteiger partial charge in [-0.25, -0.2) is 13.1 Å². The first-order chi connectivity index (χ1) is 9.44. The van der Waals surface area contributed by atoms with E-state index >= 15 is 0 Å². The van der Waals surface area contributed by atoms with Gasteiger partial charge in [-0.3, -0.25) is 0 Å². The van der Waals surface area contributed by atoms with Crippen LogP contribution in [0.25, 0.3) is 0 Å². The third-order valence-corrected chi connectivity index (χ3v) is 6.56. The van der Waals surface area contributed by atoms with Gasteiger partial charge in [0.1, 0.15) is 0 Å². The highest BCUT2D eigenvalue weighted by Crippen LogP contribution is 2.28. The van der Waals surface area contributed by atoms with Crippen molar-refractivity contribution in [3.8, 4) is 0 Å². The summed E-state index contributed by atoms with van der Waals surface area (Å²) in [5.41, 5.74) is 0.934. The molecule has 0 saturated heterocycles. The Balaban J connectivity index is 2.19. The fourth-order valence-corrected chi connectivity index (χ4v) is 4.57. The second-order valence-electron chi connectivity index (χ2n) is 5.59. The molecule has 0 aromatic heterocycles. The molecule has 1 saturated carbocycles. The Morgan fingerprint density at radius 2 is 2.00 bits per heavy atom. The Kier molecular flexibility index (Phi) is 5.26. The van der Waals surface area contributed by atoms with Crippen molar-refractivity contribution in [3.63, 3.8) is 0 Å². The van der Waals surface area contributed by atoms with E-state index in [0.29, 0.717) is 10.8 Å². The fourth-order valence-electron chi connectivity index (χ4n) is 2.90. The lowest BCUT2D eigenvalue weighted by atomic mass is 9.83. The van der Waals surface area contributed by atoms with Crippen molar-refractivity contribution in [2.24, 2.45) is 5.92 Å². The molecular weight excluding hydrogens is 338 g/mol. The van der Waals surface area contributed by atoms with Crippen LogP contribution in [-0.4, -0.2) is 14.5 Å². The number of benzene rings is 1. The van der Waals surface area contributed by atoms with Gasteiger partial charge in [0, 0.05) is 10.5 Å². The van der Waals surface area contributed by atoms with E-state index in [1.165, 1.54) is 6.42 Å². The van der Waals surface area contributed by atoms with Gasteiger partial charge < -0.3 is 0 Å². The standard InChI is InChI=1S/C15H22BrNO2S/c1-3-12-6-4-5-7-15(12)17-20(18,19)13-8-9-14(16)11(2)10-13/h8-10,12,15,17H,3-7H2,1-2H3. The van der Waals surface area contributed by atoms with Gasteiger partial charge in [0.15, 0.2) is 0 Å². The summed E-state index contributed by atoms with van der Waals surface area (Å²) in [6, 6.07) is 5.25. The molecule has 0 heterocycles. The van der Waals surface area contributed by atoms with E-state index in [2.05, 4.69) is 27.6 Å². The van der Waals surface area contributed by atoms with Gasteiger partial charge in [-0.1, -0.05) is 42.1 Å². The molecule has 0 bridgehead atoms. The zero-order valence-corrected chi connectivity index (χ0v) is 14.4. The van der Waals surface area contributed by atoms with E-state index < -0.39 is 10.0 Å². The number of rotatable bonds is 4. The topological polar surface area (TPSA) is 46.2 Å². The first-order valence-corrected chi connectivity index (χ1v) is 9.50. The lowest BCUT2D eigenvalue weighted by molar-refractivity contribution is 0.282. The van der Waals surface area contributed by atoms with E-state index in [1.54, 1.807) is 18.2 Å². The number of hydrogen-bond acceptors (Lipinski definition) is 2. The predicted molar refractivity (Wildman–Crippen MR) is 85.2 cm³/mol. The van der Waals surface area contributed by atoms with Crippen LogP contribution in [-0.2, 0) is 10.0 Å². The average Bonchev–Trinajstić information content (AvgIpc) is 2.42. The Bertz CT molecular complexity index is 571. The van der Waals surface area contributed by atoms with Crippen LogP contribution in [0.1, 0.15) is 44.6 Å². The number of sulfonamides is 1. The summed E-state index contributed by atoms with van der Waals surface area (Å²) in [5.74, 6) is 0.468. The van der Waals surface area contributed by atoms with Crippen molar-refractivity contribution < 1.29 is 8.42 Å². The molecule has 0 spiro atoms. The maximum Gasteiger partial charge on any atom is 0.240 e. The maximum atomic E-state index is 12.5. The van der Waals surface area contributed by atoms with Crippen LogP contribution in [0.15, 0.2) is 27.6 Å². The lowest BCUT2D eigenvalue weighted by Gasteiger charge is -2.31. The Morgan fingerprint density at radius 3 is 2.65 bits per heavy atom. The van der Waals surface area contributed by atoms with Crippen LogP contribution in [0.2, 0.25) is 0 Å². The summed E-state index contributed by atoms with van der Waals surface area (Å²) in [6.45, 7) is 4.04. The van der Waals surface area contributed by atoms with E-state index in [-0.39, 0.29) is 6.04 Å². The van der Waals surface area contributed by atoms with E-state index in [0.717, 1.165) is 35.7 Å². The van der Waals surface area contributed by atoms with Crippen molar-refractivity contribution in [1.82, 2.24) is 4.72 Å². The summed E-state index contributed by atoms with van der Waals surface area (Å²) in [4.78, 5) is 0.360. The third kappa shape index (κ3) is 3.62. The molecule has 5 heteroatoms. The molecule has 2 rings (SSSR count). The molecular formula is C15H22BrNO2S. The van der Waals surface area contributed by atoms with Crippen LogP contribution >= 0.6 is 15.9 Å². The van der Waals surface area contributed by atoms with E-state index in [1.807, 2.05) is 6.92 Å². The Morgan fingerprint density at radius 1 is 1.30 bits per heavy atom. The summed E-state index contributed by atoms with van der Waals surface area (Å²) in [7, 11) is -3.41. The minimum atomic E-state index is -3.41. The number of hydrogen-bond donors (Lipinski definition) is 1. The molecule has 1 aliphatic carbocycles. The molecule has 2 atom stereocenters. The van der Waals surface area contributed by atoms with E-state index in [4.69, 9.17) is 0 Å². The molecule has 1 N–H and O–H groups in total. The summed E-state index contributed by atoms with van der Waals surface area (Å²) in [6.07, 6.45) is 5.44. The van der Waals surface area contributed by atoms with Crippen LogP contribution in [0.4, 0.5) is 0 Å². The first kappa shape index (κ1) is 16.0. The van der Waals surface area contributed by atoms with Crippen LogP contribution in [0.3, 0.4) is 0 Å². The highest BCUT2D eigenvalue weighted by Gasteiger charge is 2.28. The monoisotopic (exact) mass is 359 g/mol. The molecule has 0 amide bonds. The van der Waals surface area contributed by atoms with Crippen molar-refractivity contribution in [2.75, 3.05) is 0 Å². The van der Waals surface area contributed by atoms with E-state index in [9.17, 15) is 8.42 Å². The normalized spacial score (nSPS) is 23.8. The van der Waals surface area contributed by atoms with Gasteiger partial charge in [-0.2, -0.15) is 0 Å². The Labute approximate surface area is 130 Å². The average molecular weight is 360 g/mol. The quantitative estimate of drug-likeness (QED) is 0.882. The number of halogens is 1. The van der Waals surface area contributed by atoms with Crippen LogP contribution in [0, 0.1) is 12.8 Å². The minimum absolute atomic E-state index is 0.0858. The molecule has 2 unspecified atom stereocenters. The third-order valence-electron chi connectivity index (χ3n) is 4.18. The van der Waals surface area contributed by atoms with Crippen LogP contribution < -0.4 is 4.72 Å². The zero-order chi connectivity index (χ0) is 14.8. The first-order valence-electron chi connectivity index (χ1n) is 7.22. The van der Waals surface area contributed by atoms with Crippen LogP contribution in [0.5, 0.6) is 0 Å². The molecule has 0 radical (unpaired) electrons. The largest absolute Gasteiger partial charge is 0.240 e. The van der Waals surface area contributed by atoms with Crippen molar-refractivity contribution in [2.45, 2.75) is 56.9 Å². The lowest BCUT2D eigenvalue weighted by Crippen LogP contribution is -2.41. The summed E-state index contributed by atoms with van der Waals surface area (Å²) < 4.78 is 28.8. The maximum absolute atomic E-state index is 12.5. The smallest absolute Gasteiger partial charge is 0.208 e. The molecule has 1 aromatic rings. The molecule has 3 nitrogen and oxygen atoms in total. The summed E-state index contributed by atoms with van der Waals surface area (Å²) in [5, 5.41) is 0. The van der Waals surface area contributed by atoms with Gasteiger partial charge in [0.2, 0.25) is 10.0 Å². The molecule has 112 valence electrons. The Hall–Kier alpha value is -0.390. The van der Waals surface area contributed by atoms with Gasteiger partial charge in [-0.05, 0) is 49.4 Å². The number of nitrogens with one attached hydrogen (secondary N) is 1. The van der Waals surface area contributed by atoms with Crippen molar-refractivity contribution >= 4 is 26.0 Å². The number of aryl methyl sites for hydroxylation is 1. The SMILES string of the molecule is CCC1CCCCC1NS(=O)(=O)c1ccc(Br)c(C)c1. The molecule has 1 fully saturated rings. The molecule has 20 heavy (non-hydrogen) atoms. The fraction of sp³-hybridized carbons (Fsp3) is 0.600. The molecule has 1 aliphatic rings. The molecule has 0 aliphatic heterocycles.